The van der Waals surface area contributed by atoms with Crippen molar-refractivity contribution in [2.75, 3.05) is 86.1 Å². The number of ether oxygens (including phenoxy) is 1. The second-order valence-electron chi connectivity index (χ2n) is 11.7. The number of anilines is 6. The lowest BCUT2D eigenvalue weighted by Crippen LogP contribution is -2.52. The van der Waals surface area contributed by atoms with E-state index in [4.69, 9.17) is 14.7 Å². The number of fused-ring (bicyclic) bond motifs is 1. The molecule has 2 aliphatic rings. The van der Waals surface area contributed by atoms with Gasteiger partial charge in [0, 0.05) is 70.4 Å². The second kappa shape index (κ2) is 14.1. The number of benzene rings is 1. The summed E-state index contributed by atoms with van der Waals surface area (Å²) in [7, 11) is 0.165. The second-order valence-corrected chi connectivity index (χ2v) is 14.5. The molecule has 250 valence electrons. The van der Waals surface area contributed by atoms with Crippen LogP contribution in [0.5, 0.6) is 5.88 Å². The maximum absolute atomic E-state index is 12.8. The third-order valence-electron chi connectivity index (χ3n) is 8.68. The molecule has 3 aromatic heterocycles. The van der Waals surface area contributed by atoms with E-state index in [9.17, 15) is 8.42 Å². The highest BCUT2D eigenvalue weighted by atomic mass is 79.9. The van der Waals surface area contributed by atoms with Crippen LogP contribution in [-0.2, 0) is 10.0 Å². The van der Waals surface area contributed by atoms with Gasteiger partial charge in [-0.1, -0.05) is 0 Å². The van der Waals surface area contributed by atoms with E-state index in [2.05, 4.69) is 63.3 Å². The van der Waals surface area contributed by atoms with Gasteiger partial charge < -0.3 is 25.2 Å². The van der Waals surface area contributed by atoms with Crippen molar-refractivity contribution in [3.8, 4) is 5.88 Å². The molecule has 0 aliphatic carbocycles. The van der Waals surface area contributed by atoms with Gasteiger partial charge in [-0.3, -0.25) is 19.2 Å². The van der Waals surface area contributed by atoms with Crippen LogP contribution < -0.4 is 24.6 Å². The first-order valence-electron chi connectivity index (χ1n) is 15.6. The molecule has 4 aromatic rings. The molecule has 0 bridgehead atoms. The number of aromatic nitrogens is 5. The Morgan fingerprint density at radius 2 is 1.68 bits per heavy atom. The van der Waals surface area contributed by atoms with Gasteiger partial charge in [-0.05, 0) is 67.0 Å². The Morgan fingerprint density at radius 1 is 0.957 bits per heavy atom. The van der Waals surface area contributed by atoms with Crippen LogP contribution in [0.4, 0.5) is 34.6 Å². The van der Waals surface area contributed by atoms with E-state index in [1.54, 1.807) is 38.6 Å². The van der Waals surface area contributed by atoms with Gasteiger partial charge in [-0.25, -0.2) is 13.4 Å². The van der Waals surface area contributed by atoms with E-state index in [0.717, 1.165) is 57.9 Å². The number of rotatable bonds is 10. The Balaban J connectivity index is 1.20. The van der Waals surface area contributed by atoms with Crippen molar-refractivity contribution < 1.29 is 13.2 Å². The Bertz CT molecular complexity index is 1830. The van der Waals surface area contributed by atoms with Crippen molar-refractivity contribution in [1.82, 2.24) is 34.7 Å². The topological polar surface area (TPSA) is 145 Å². The smallest absolute Gasteiger partial charge is 0.239 e. The van der Waals surface area contributed by atoms with Crippen molar-refractivity contribution in [3.63, 3.8) is 0 Å². The average molecular weight is 727 g/mol. The molecule has 47 heavy (non-hydrogen) atoms. The van der Waals surface area contributed by atoms with E-state index in [0.29, 0.717) is 56.3 Å². The van der Waals surface area contributed by atoms with E-state index in [1.807, 2.05) is 12.1 Å². The van der Waals surface area contributed by atoms with Crippen LogP contribution in [0.1, 0.15) is 19.8 Å². The summed E-state index contributed by atoms with van der Waals surface area (Å²) in [6.07, 6.45) is 8.12. The number of hydrogen-bond donors (Lipinski definition) is 2. The number of pyridine rings is 1. The molecule has 0 spiro atoms. The van der Waals surface area contributed by atoms with Crippen LogP contribution >= 0.6 is 15.9 Å². The predicted octanol–water partition coefficient (Wildman–Crippen LogP) is 4.08. The standard InChI is InChI=1S/C31H40BrN11O3S/c1-5-43(47(4,44)45)28-24(7-6-23-27(28)34-13-12-33-23)36-29-22(32)20-35-31(39-29)37-25-8-9-26(38-30(25)46-3)42-14-10-21(11-15-42)41-18-16-40(2)17-19-41/h6-9,12-13,20-21H,5,10-11,14-19H2,1-4H3,(H2,35,36,37,39). The van der Waals surface area contributed by atoms with Gasteiger partial charge in [0.05, 0.1) is 29.0 Å². The molecule has 2 aliphatic heterocycles. The fraction of sp³-hybridized carbons (Fsp3) is 0.452. The molecule has 0 amide bonds. The summed E-state index contributed by atoms with van der Waals surface area (Å²) in [4.78, 5) is 30.1. The number of likely N-dealkylation sites (N-methyl/N-ethyl adjacent to an activating group) is 1. The summed E-state index contributed by atoms with van der Waals surface area (Å²) in [5, 5.41) is 6.52. The van der Waals surface area contributed by atoms with Crippen LogP contribution in [0.3, 0.4) is 0 Å². The van der Waals surface area contributed by atoms with Gasteiger partial charge in [-0.2, -0.15) is 9.97 Å². The first kappa shape index (κ1) is 33.1. The highest BCUT2D eigenvalue weighted by Crippen LogP contribution is 2.37. The minimum absolute atomic E-state index is 0.206. The number of halogens is 1. The maximum atomic E-state index is 12.8. The van der Waals surface area contributed by atoms with Crippen LogP contribution in [0.2, 0.25) is 0 Å². The van der Waals surface area contributed by atoms with E-state index >= 15 is 0 Å². The third kappa shape index (κ3) is 7.35. The van der Waals surface area contributed by atoms with E-state index < -0.39 is 10.0 Å². The fourth-order valence-electron chi connectivity index (χ4n) is 6.20. The first-order valence-corrected chi connectivity index (χ1v) is 18.3. The van der Waals surface area contributed by atoms with Crippen LogP contribution in [0.15, 0.2) is 47.3 Å². The normalized spacial score (nSPS) is 16.7. The highest BCUT2D eigenvalue weighted by molar-refractivity contribution is 9.10. The highest BCUT2D eigenvalue weighted by Gasteiger charge is 2.28. The molecule has 14 nitrogen and oxygen atoms in total. The molecule has 1 aromatic carbocycles. The maximum Gasteiger partial charge on any atom is 0.239 e. The molecule has 0 radical (unpaired) electrons. The molecule has 0 saturated carbocycles. The van der Waals surface area contributed by atoms with Crippen LogP contribution in [-0.4, -0.2) is 115 Å². The average Bonchev–Trinajstić information content (AvgIpc) is 3.07. The minimum atomic E-state index is -3.62. The van der Waals surface area contributed by atoms with Crippen LogP contribution in [0, 0.1) is 0 Å². The SMILES string of the molecule is CCN(c1c(Nc2nc(Nc3ccc(N4CCC(N5CCN(C)CC5)CC4)nc3OC)ncc2Br)ccc2nccnc12)S(C)(=O)=O. The van der Waals surface area contributed by atoms with Crippen molar-refractivity contribution in [2.24, 2.45) is 0 Å². The number of hydrogen-bond acceptors (Lipinski definition) is 13. The molecule has 2 fully saturated rings. The van der Waals surface area contributed by atoms with E-state index in [1.165, 1.54) is 16.8 Å². The number of nitrogens with zero attached hydrogens (tertiary/aromatic N) is 9. The Hall–Kier alpha value is -3.86. The van der Waals surface area contributed by atoms with Crippen molar-refractivity contribution in [1.29, 1.82) is 0 Å². The number of sulfonamides is 1. The molecule has 6 rings (SSSR count). The Kier molecular flexibility index (Phi) is 9.91. The molecular formula is C31H40BrN11O3S. The van der Waals surface area contributed by atoms with Crippen molar-refractivity contribution in [2.45, 2.75) is 25.8 Å². The van der Waals surface area contributed by atoms with Gasteiger partial charge in [-0.15, -0.1) is 0 Å². The Labute approximate surface area is 283 Å². The summed E-state index contributed by atoms with van der Waals surface area (Å²) in [6, 6.07) is 8.09. The number of piperazine rings is 1. The predicted molar refractivity (Wildman–Crippen MR) is 189 cm³/mol. The molecule has 2 saturated heterocycles. The third-order valence-corrected chi connectivity index (χ3v) is 10.5. The van der Waals surface area contributed by atoms with Gasteiger partial charge >= 0.3 is 0 Å². The fourth-order valence-corrected chi connectivity index (χ4v) is 7.48. The number of methoxy groups -OCH3 is 1. The summed E-state index contributed by atoms with van der Waals surface area (Å²) in [5.41, 5.74) is 2.52. The van der Waals surface area contributed by atoms with Crippen LogP contribution in [0.25, 0.3) is 11.0 Å². The lowest BCUT2D eigenvalue weighted by atomic mass is 10.0. The van der Waals surface area contributed by atoms with Gasteiger partial charge in [0.15, 0.2) is 0 Å². The lowest BCUT2D eigenvalue weighted by Gasteiger charge is -2.42. The Morgan fingerprint density at radius 3 is 2.38 bits per heavy atom. The number of nitrogens with one attached hydrogen (secondary N) is 2. The summed E-state index contributed by atoms with van der Waals surface area (Å²) < 4.78 is 33.1. The molecule has 16 heteroatoms. The molecule has 0 atom stereocenters. The monoisotopic (exact) mass is 725 g/mol. The van der Waals surface area contributed by atoms with E-state index in [-0.39, 0.29) is 6.54 Å². The lowest BCUT2D eigenvalue weighted by molar-refractivity contribution is 0.0981. The zero-order chi connectivity index (χ0) is 33.1. The van der Waals surface area contributed by atoms with Crippen molar-refractivity contribution in [3.05, 3.63) is 47.3 Å². The largest absolute Gasteiger partial charge is 0.479 e. The summed E-state index contributed by atoms with van der Waals surface area (Å²) in [5.74, 6) is 2.03. The van der Waals surface area contributed by atoms with Gasteiger partial charge in [0.1, 0.15) is 28.5 Å². The number of piperidine rings is 1. The molecule has 0 unspecified atom stereocenters. The van der Waals surface area contributed by atoms with Gasteiger partial charge in [0.2, 0.25) is 21.9 Å². The minimum Gasteiger partial charge on any atom is -0.479 e. The zero-order valence-electron chi connectivity index (χ0n) is 27.0. The molecular weight excluding hydrogens is 686 g/mol. The first-order chi connectivity index (χ1) is 22.6. The van der Waals surface area contributed by atoms with Crippen molar-refractivity contribution >= 4 is 71.6 Å². The zero-order valence-corrected chi connectivity index (χ0v) is 29.4. The summed E-state index contributed by atoms with van der Waals surface area (Å²) >= 11 is 3.53. The molecule has 5 heterocycles. The quantitative estimate of drug-likeness (QED) is 0.243. The summed E-state index contributed by atoms with van der Waals surface area (Å²) in [6.45, 7) is 8.41. The van der Waals surface area contributed by atoms with Gasteiger partial charge in [0.25, 0.3) is 0 Å². The molecule has 2 N–H and O–H groups in total.